The van der Waals surface area contributed by atoms with E-state index in [4.69, 9.17) is 9.84 Å². The summed E-state index contributed by atoms with van der Waals surface area (Å²) in [6.45, 7) is 1.26. The van der Waals surface area contributed by atoms with Gasteiger partial charge in [-0.25, -0.2) is 0 Å². The molecule has 0 saturated carbocycles. The maximum absolute atomic E-state index is 12.6. The molecular weight excluding hydrogens is 354 g/mol. The van der Waals surface area contributed by atoms with Gasteiger partial charge in [-0.1, -0.05) is 42.5 Å². The van der Waals surface area contributed by atoms with Gasteiger partial charge in [0.15, 0.2) is 0 Å². The van der Waals surface area contributed by atoms with Gasteiger partial charge in [0.1, 0.15) is 0 Å². The molecule has 0 radical (unpaired) electrons. The number of carboxylic acids is 1. The molecule has 1 N–H and O–H groups in total. The molecule has 5 heteroatoms. The first-order chi connectivity index (χ1) is 13.6. The van der Waals surface area contributed by atoms with Crippen LogP contribution < -0.4 is 0 Å². The van der Waals surface area contributed by atoms with Gasteiger partial charge in [0.25, 0.3) is 0 Å². The van der Waals surface area contributed by atoms with Crippen molar-refractivity contribution < 1.29 is 19.4 Å². The summed E-state index contributed by atoms with van der Waals surface area (Å²) in [7, 11) is 0. The van der Waals surface area contributed by atoms with Crippen molar-refractivity contribution in [1.82, 2.24) is 4.90 Å². The van der Waals surface area contributed by atoms with E-state index in [9.17, 15) is 9.59 Å². The predicted molar refractivity (Wildman–Crippen MR) is 106 cm³/mol. The first-order valence-corrected chi connectivity index (χ1v) is 9.91. The Morgan fingerprint density at radius 3 is 2.79 bits per heavy atom. The maximum Gasteiger partial charge on any atom is 0.305 e. The number of hydrogen-bond acceptors (Lipinski definition) is 3. The number of aliphatic carboxylic acids is 1. The predicted octanol–water partition coefficient (Wildman–Crippen LogP) is 3.28. The normalized spacial score (nSPS) is 17.9. The number of fused-ring (bicyclic) bond motifs is 3. The molecule has 1 saturated heterocycles. The van der Waals surface area contributed by atoms with Crippen LogP contribution in [-0.2, 0) is 27.2 Å². The van der Waals surface area contributed by atoms with E-state index in [2.05, 4.69) is 42.5 Å². The smallest absolute Gasteiger partial charge is 0.305 e. The zero-order valence-electron chi connectivity index (χ0n) is 15.9. The van der Waals surface area contributed by atoms with Gasteiger partial charge >= 0.3 is 5.97 Å². The van der Waals surface area contributed by atoms with Crippen molar-refractivity contribution >= 4 is 11.9 Å². The zero-order chi connectivity index (χ0) is 19.5. The van der Waals surface area contributed by atoms with E-state index in [-0.39, 0.29) is 18.4 Å². The molecule has 1 unspecified atom stereocenters. The highest BCUT2D eigenvalue weighted by atomic mass is 16.5. The highest BCUT2D eigenvalue weighted by Gasteiger charge is 2.28. The number of morpholine rings is 1. The largest absolute Gasteiger partial charge is 0.481 e. The van der Waals surface area contributed by atoms with Gasteiger partial charge in [0, 0.05) is 13.0 Å². The van der Waals surface area contributed by atoms with E-state index in [1.165, 1.54) is 27.8 Å². The summed E-state index contributed by atoms with van der Waals surface area (Å²) in [5.41, 5.74) is 6.62. The lowest BCUT2D eigenvalue weighted by molar-refractivity contribution is -0.146. The van der Waals surface area contributed by atoms with Crippen LogP contribution in [0.25, 0.3) is 11.1 Å². The van der Waals surface area contributed by atoms with Gasteiger partial charge in [0.2, 0.25) is 5.91 Å². The summed E-state index contributed by atoms with van der Waals surface area (Å²) >= 11 is 0. The molecule has 5 nitrogen and oxygen atoms in total. The topological polar surface area (TPSA) is 66.8 Å². The average Bonchev–Trinajstić information content (AvgIpc) is 3.06. The minimum absolute atomic E-state index is 0.0288. The third-order valence-corrected chi connectivity index (χ3v) is 5.68. The third kappa shape index (κ3) is 3.94. The summed E-state index contributed by atoms with van der Waals surface area (Å²) in [6.07, 6.45) is 2.97. The second-order valence-corrected chi connectivity index (χ2v) is 7.59. The number of amides is 1. The minimum atomic E-state index is -0.897. The van der Waals surface area contributed by atoms with Crippen LogP contribution in [0.4, 0.5) is 0 Å². The van der Waals surface area contributed by atoms with Crippen LogP contribution in [0.15, 0.2) is 42.5 Å². The molecule has 2 aliphatic rings. The van der Waals surface area contributed by atoms with Crippen LogP contribution >= 0.6 is 0 Å². The first-order valence-electron chi connectivity index (χ1n) is 9.91. The Hall–Kier alpha value is -2.66. The number of hydrogen-bond donors (Lipinski definition) is 1. The fraction of sp³-hybridized carbons (Fsp3) is 0.391. The zero-order valence-corrected chi connectivity index (χ0v) is 15.9. The Labute approximate surface area is 164 Å². The Balaban J connectivity index is 1.36. The van der Waals surface area contributed by atoms with Crippen LogP contribution in [0.2, 0.25) is 0 Å². The van der Waals surface area contributed by atoms with Crippen molar-refractivity contribution in [2.24, 2.45) is 0 Å². The molecule has 146 valence electrons. The molecule has 1 aliphatic carbocycles. The Morgan fingerprint density at radius 2 is 1.93 bits per heavy atom. The summed E-state index contributed by atoms with van der Waals surface area (Å²) in [5.74, 6) is -0.868. The van der Waals surface area contributed by atoms with Gasteiger partial charge in [-0.05, 0) is 47.1 Å². The van der Waals surface area contributed by atoms with Gasteiger partial charge in [-0.15, -0.1) is 0 Å². The quantitative estimate of drug-likeness (QED) is 0.714. The number of rotatable bonds is 6. The van der Waals surface area contributed by atoms with Crippen molar-refractivity contribution in [3.63, 3.8) is 0 Å². The maximum atomic E-state index is 12.6. The van der Waals surface area contributed by atoms with E-state index in [0.29, 0.717) is 26.2 Å². The molecular formula is C23H25NO4. The fourth-order valence-corrected chi connectivity index (χ4v) is 4.27. The van der Waals surface area contributed by atoms with Gasteiger partial charge in [0.05, 0.1) is 25.7 Å². The summed E-state index contributed by atoms with van der Waals surface area (Å²) < 4.78 is 5.35. The van der Waals surface area contributed by atoms with Crippen molar-refractivity contribution in [3.05, 3.63) is 59.2 Å². The highest BCUT2D eigenvalue weighted by molar-refractivity contribution is 5.78. The molecule has 1 aliphatic heterocycles. The van der Waals surface area contributed by atoms with Crippen LogP contribution in [0.5, 0.6) is 0 Å². The molecule has 2 aromatic carbocycles. The third-order valence-electron chi connectivity index (χ3n) is 5.68. The molecule has 4 rings (SSSR count). The van der Waals surface area contributed by atoms with Gasteiger partial charge in [-0.2, -0.15) is 0 Å². The lowest BCUT2D eigenvalue weighted by atomic mass is 10.00. The second-order valence-electron chi connectivity index (χ2n) is 7.59. The molecule has 1 heterocycles. The highest BCUT2D eigenvalue weighted by Crippen LogP contribution is 2.37. The molecule has 1 atom stereocenters. The van der Waals surface area contributed by atoms with Crippen LogP contribution in [0.1, 0.15) is 36.0 Å². The van der Waals surface area contributed by atoms with Crippen molar-refractivity contribution in [2.45, 2.75) is 38.1 Å². The standard InChI is InChI=1S/C23H25NO4/c25-22(24-10-11-28-15-19(24)14-23(26)27)7-3-4-16-8-9-18-13-17-5-1-2-6-20(17)21(18)12-16/h1-2,5-6,8-9,12,19H,3-4,7,10-11,13-15H2,(H,26,27). The fourth-order valence-electron chi connectivity index (χ4n) is 4.27. The van der Waals surface area contributed by atoms with E-state index in [1.807, 2.05) is 0 Å². The Morgan fingerprint density at radius 1 is 1.11 bits per heavy atom. The molecule has 0 bridgehead atoms. The van der Waals surface area contributed by atoms with Gasteiger partial charge in [-0.3, -0.25) is 9.59 Å². The summed E-state index contributed by atoms with van der Waals surface area (Å²) in [6, 6.07) is 14.8. The van der Waals surface area contributed by atoms with Gasteiger partial charge < -0.3 is 14.7 Å². The number of carbonyl (C=O) groups excluding carboxylic acids is 1. The van der Waals surface area contributed by atoms with E-state index >= 15 is 0 Å². The van der Waals surface area contributed by atoms with Crippen molar-refractivity contribution in [2.75, 3.05) is 19.8 Å². The number of carbonyl (C=O) groups is 2. The van der Waals surface area contributed by atoms with E-state index in [1.54, 1.807) is 4.90 Å². The number of aryl methyl sites for hydroxylation is 1. The molecule has 1 fully saturated rings. The van der Waals surface area contributed by atoms with E-state index < -0.39 is 5.97 Å². The molecule has 1 amide bonds. The number of benzene rings is 2. The summed E-state index contributed by atoms with van der Waals surface area (Å²) in [4.78, 5) is 25.3. The molecule has 2 aromatic rings. The Bertz CT molecular complexity index is 892. The van der Waals surface area contributed by atoms with Crippen molar-refractivity contribution in [3.8, 4) is 11.1 Å². The molecule has 28 heavy (non-hydrogen) atoms. The number of nitrogens with zero attached hydrogens (tertiary/aromatic N) is 1. The lowest BCUT2D eigenvalue weighted by Crippen LogP contribution is -2.49. The SMILES string of the molecule is O=C(O)CC1COCCN1C(=O)CCCc1ccc2c(c1)-c1ccccc1C2. The van der Waals surface area contributed by atoms with E-state index in [0.717, 1.165) is 19.3 Å². The molecule has 0 aromatic heterocycles. The number of ether oxygens (including phenoxy) is 1. The Kier molecular flexibility index (Phi) is 5.44. The van der Waals surface area contributed by atoms with Crippen LogP contribution in [0, 0.1) is 0 Å². The van der Waals surface area contributed by atoms with Crippen LogP contribution in [0.3, 0.4) is 0 Å². The van der Waals surface area contributed by atoms with Crippen molar-refractivity contribution in [1.29, 1.82) is 0 Å². The molecule has 0 spiro atoms. The minimum Gasteiger partial charge on any atom is -0.481 e. The van der Waals surface area contributed by atoms with Crippen LogP contribution in [-0.4, -0.2) is 47.7 Å². The second kappa shape index (κ2) is 8.15. The average molecular weight is 379 g/mol. The monoisotopic (exact) mass is 379 g/mol. The lowest BCUT2D eigenvalue weighted by Gasteiger charge is -2.35. The first kappa shape index (κ1) is 18.7. The number of carboxylic acid groups (broad SMARTS) is 1. The summed E-state index contributed by atoms with van der Waals surface area (Å²) in [5, 5.41) is 9.04.